The Morgan fingerprint density at radius 3 is 2.33 bits per heavy atom. The molecule has 1 unspecified atom stereocenters. The first-order valence-electron chi connectivity index (χ1n) is 11.5. The van der Waals surface area contributed by atoms with Crippen molar-refractivity contribution in [1.82, 2.24) is 4.90 Å². The Hall–Kier alpha value is -1.82. The molecular formula is C27H35ClN2. The third-order valence-corrected chi connectivity index (χ3v) is 7.21. The van der Waals surface area contributed by atoms with Gasteiger partial charge in [-0.15, -0.1) is 0 Å². The third kappa shape index (κ3) is 5.45. The quantitative estimate of drug-likeness (QED) is 0.411. The van der Waals surface area contributed by atoms with Crippen molar-refractivity contribution in [2.75, 3.05) is 13.1 Å². The van der Waals surface area contributed by atoms with E-state index >= 15 is 0 Å². The lowest BCUT2D eigenvalue weighted by Crippen LogP contribution is -2.37. The van der Waals surface area contributed by atoms with Gasteiger partial charge in [0.1, 0.15) is 0 Å². The van der Waals surface area contributed by atoms with Crippen molar-refractivity contribution < 1.29 is 0 Å². The van der Waals surface area contributed by atoms with E-state index in [0.717, 1.165) is 55.8 Å². The van der Waals surface area contributed by atoms with Gasteiger partial charge in [-0.25, -0.2) is 0 Å². The standard InChI is InChI=1S/C27H35ClN2/c1-22(2)30(20-17-23-11-4-3-5-12-23)19-10-18-27(21-29,24-13-6-7-14-24)25-15-8-9-16-26(25)28/h3-5,8-9,11-12,15-16,22,24H,6-7,10,13-14,17-20H2,1-2H3. The number of rotatable bonds is 10. The van der Waals surface area contributed by atoms with Crippen LogP contribution in [0.4, 0.5) is 0 Å². The van der Waals surface area contributed by atoms with Crippen molar-refractivity contribution in [3.63, 3.8) is 0 Å². The first kappa shape index (κ1) is 22.9. The van der Waals surface area contributed by atoms with E-state index < -0.39 is 5.41 Å². The van der Waals surface area contributed by atoms with E-state index in [1.54, 1.807) is 0 Å². The van der Waals surface area contributed by atoms with Crippen LogP contribution in [0.25, 0.3) is 0 Å². The second kappa shape index (κ2) is 11.0. The van der Waals surface area contributed by atoms with Gasteiger partial charge in [0.2, 0.25) is 0 Å². The molecule has 3 rings (SSSR count). The fraction of sp³-hybridized carbons (Fsp3) is 0.519. The van der Waals surface area contributed by atoms with Gasteiger partial charge in [-0.3, -0.25) is 0 Å². The van der Waals surface area contributed by atoms with Crippen molar-refractivity contribution >= 4 is 11.6 Å². The van der Waals surface area contributed by atoms with Crippen LogP contribution in [-0.4, -0.2) is 24.0 Å². The number of hydrogen-bond donors (Lipinski definition) is 0. The molecule has 0 heterocycles. The predicted molar refractivity (Wildman–Crippen MR) is 127 cm³/mol. The molecule has 0 N–H and O–H groups in total. The molecule has 0 aliphatic heterocycles. The highest BCUT2D eigenvalue weighted by Gasteiger charge is 2.42. The zero-order valence-electron chi connectivity index (χ0n) is 18.5. The van der Waals surface area contributed by atoms with Gasteiger partial charge < -0.3 is 4.90 Å². The Balaban J connectivity index is 1.70. The van der Waals surface area contributed by atoms with Crippen molar-refractivity contribution in [2.45, 2.75) is 70.3 Å². The largest absolute Gasteiger partial charge is 0.301 e. The summed E-state index contributed by atoms with van der Waals surface area (Å²) < 4.78 is 0. The number of nitrogens with zero attached hydrogens (tertiary/aromatic N) is 2. The van der Waals surface area contributed by atoms with E-state index in [1.807, 2.05) is 18.2 Å². The lowest BCUT2D eigenvalue weighted by molar-refractivity contribution is 0.207. The van der Waals surface area contributed by atoms with Crippen molar-refractivity contribution in [1.29, 1.82) is 5.26 Å². The molecule has 1 aliphatic carbocycles. The fourth-order valence-electron chi connectivity index (χ4n) is 5.11. The lowest BCUT2D eigenvalue weighted by Gasteiger charge is -2.35. The van der Waals surface area contributed by atoms with Crippen LogP contribution in [0.2, 0.25) is 5.02 Å². The van der Waals surface area contributed by atoms with Gasteiger partial charge in [0.05, 0.1) is 11.5 Å². The molecule has 3 heteroatoms. The highest BCUT2D eigenvalue weighted by molar-refractivity contribution is 6.31. The number of hydrogen-bond acceptors (Lipinski definition) is 2. The maximum atomic E-state index is 10.4. The molecule has 1 fully saturated rings. The summed E-state index contributed by atoms with van der Waals surface area (Å²) in [6.07, 6.45) is 7.70. The second-order valence-electron chi connectivity index (χ2n) is 9.01. The maximum absolute atomic E-state index is 10.4. The molecule has 0 amide bonds. The van der Waals surface area contributed by atoms with Gasteiger partial charge in [-0.1, -0.05) is 73.0 Å². The van der Waals surface area contributed by atoms with E-state index in [2.05, 4.69) is 61.2 Å². The van der Waals surface area contributed by atoms with Gasteiger partial charge >= 0.3 is 0 Å². The van der Waals surface area contributed by atoms with Crippen molar-refractivity contribution in [3.8, 4) is 6.07 Å². The van der Waals surface area contributed by atoms with Crippen LogP contribution in [-0.2, 0) is 11.8 Å². The zero-order valence-corrected chi connectivity index (χ0v) is 19.2. The summed E-state index contributed by atoms with van der Waals surface area (Å²) in [5.41, 5.74) is 1.97. The minimum Gasteiger partial charge on any atom is -0.301 e. The van der Waals surface area contributed by atoms with Crippen LogP contribution in [0.1, 0.15) is 63.5 Å². The van der Waals surface area contributed by atoms with E-state index in [4.69, 9.17) is 11.6 Å². The van der Waals surface area contributed by atoms with Gasteiger partial charge in [-0.05, 0) is 75.6 Å². The third-order valence-electron chi connectivity index (χ3n) is 6.88. The normalized spacial score (nSPS) is 16.7. The van der Waals surface area contributed by atoms with Gasteiger partial charge in [0.15, 0.2) is 0 Å². The molecule has 2 aromatic carbocycles. The van der Waals surface area contributed by atoms with E-state index in [-0.39, 0.29) is 0 Å². The number of halogens is 1. The molecule has 2 nitrogen and oxygen atoms in total. The van der Waals surface area contributed by atoms with E-state index in [0.29, 0.717) is 12.0 Å². The summed E-state index contributed by atoms with van der Waals surface area (Å²) in [6.45, 7) is 6.61. The number of benzene rings is 2. The van der Waals surface area contributed by atoms with Gasteiger partial charge in [-0.2, -0.15) is 5.26 Å². The summed E-state index contributed by atoms with van der Waals surface area (Å²) >= 11 is 6.61. The van der Waals surface area contributed by atoms with Gasteiger partial charge in [0, 0.05) is 17.6 Å². The summed E-state index contributed by atoms with van der Waals surface area (Å²) in [4.78, 5) is 2.55. The lowest BCUT2D eigenvalue weighted by atomic mass is 9.67. The Morgan fingerprint density at radius 2 is 1.70 bits per heavy atom. The molecule has 160 valence electrons. The molecule has 0 saturated heterocycles. The predicted octanol–water partition coefficient (Wildman–Crippen LogP) is 7.02. The average Bonchev–Trinajstić information content (AvgIpc) is 3.30. The molecule has 1 saturated carbocycles. The topological polar surface area (TPSA) is 27.0 Å². The Kier molecular flexibility index (Phi) is 8.37. The molecule has 0 spiro atoms. The minimum atomic E-state index is -0.461. The highest BCUT2D eigenvalue weighted by atomic mass is 35.5. The summed E-state index contributed by atoms with van der Waals surface area (Å²) in [7, 11) is 0. The molecule has 0 aromatic heterocycles. The Morgan fingerprint density at radius 1 is 1.03 bits per heavy atom. The highest BCUT2D eigenvalue weighted by Crippen LogP contribution is 2.47. The Bertz CT molecular complexity index is 820. The molecule has 30 heavy (non-hydrogen) atoms. The average molecular weight is 423 g/mol. The molecule has 1 aliphatic rings. The molecule has 1 atom stereocenters. The second-order valence-corrected chi connectivity index (χ2v) is 9.42. The summed E-state index contributed by atoms with van der Waals surface area (Å²) in [6, 6.07) is 22.0. The molecule has 2 aromatic rings. The molecule has 0 bridgehead atoms. The molecular weight excluding hydrogens is 388 g/mol. The van der Waals surface area contributed by atoms with Crippen LogP contribution in [0.3, 0.4) is 0 Å². The van der Waals surface area contributed by atoms with E-state index in [1.165, 1.54) is 18.4 Å². The van der Waals surface area contributed by atoms with Crippen LogP contribution in [0, 0.1) is 17.2 Å². The monoisotopic (exact) mass is 422 g/mol. The minimum absolute atomic E-state index is 0.416. The van der Waals surface area contributed by atoms with Crippen molar-refractivity contribution in [3.05, 3.63) is 70.7 Å². The summed E-state index contributed by atoms with van der Waals surface area (Å²) in [5, 5.41) is 11.2. The van der Waals surface area contributed by atoms with Crippen molar-refractivity contribution in [2.24, 2.45) is 5.92 Å². The maximum Gasteiger partial charge on any atom is 0.0865 e. The first-order chi connectivity index (χ1) is 14.6. The number of nitriles is 1. The van der Waals surface area contributed by atoms with Crippen LogP contribution in [0.5, 0.6) is 0 Å². The molecule has 0 radical (unpaired) electrons. The summed E-state index contributed by atoms with van der Waals surface area (Å²) in [5.74, 6) is 0.416. The first-order valence-corrected chi connectivity index (χ1v) is 11.9. The van der Waals surface area contributed by atoms with Gasteiger partial charge in [0.25, 0.3) is 0 Å². The SMILES string of the molecule is CC(C)N(CCCC(C#N)(c1ccccc1Cl)C1CCCC1)CCc1ccccc1. The fourth-order valence-corrected chi connectivity index (χ4v) is 5.42. The van der Waals surface area contributed by atoms with Crippen LogP contribution in [0.15, 0.2) is 54.6 Å². The van der Waals surface area contributed by atoms with Crippen LogP contribution < -0.4 is 0 Å². The van der Waals surface area contributed by atoms with E-state index in [9.17, 15) is 5.26 Å². The smallest absolute Gasteiger partial charge is 0.0865 e. The zero-order chi connectivity index (χ0) is 21.4. The Labute approximate surface area is 187 Å². The van der Waals surface area contributed by atoms with Crippen LogP contribution >= 0.6 is 11.6 Å².